The van der Waals surface area contributed by atoms with Gasteiger partial charge in [-0.25, -0.2) is 4.39 Å². The van der Waals surface area contributed by atoms with Crippen LogP contribution >= 0.6 is 0 Å². The number of halogens is 1. The molecule has 1 N–H and O–H groups in total. The van der Waals surface area contributed by atoms with Gasteiger partial charge in [-0.1, -0.05) is 13.0 Å². The number of benzene rings is 1. The van der Waals surface area contributed by atoms with Gasteiger partial charge < -0.3 is 10.1 Å². The molecule has 0 saturated heterocycles. The highest BCUT2D eigenvalue weighted by molar-refractivity contribution is 5.30. The molecule has 0 heterocycles. The monoisotopic (exact) mass is 264 g/mol. The van der Waals surface area contributed by atoms with Gasteiger partial charge in [0.25, 0.3) is 0 Å². The second-order valence-corrected chi connectivity index (χ2v) is 4.43. The van der Waals surface area contributed by atoms with Gasteiger partial charge in [0.2, 0.25) is 0 Å². The van der Waals surface area contributed by atoms with Gasteiger partial charge in [-0.05, 0) is 44.0 Å². The molecule has 1 aromatic rings. The zero-order valence-electron chi connectivity index (χ0n) is 11.6. The minimum absolute atomic E-state index is 0.129. The van der Waals surface area contributed by atoms with E-state index in [2.05, 4.69) is 11.4 Å². The van der Waals surface area contributed by atoms with Crippen LogP contribution in [0, 0.1) is 17.1 Å². The Morgan fingerprint density at radius 2 is 2.21 bits per heavy atom. The summed E-state index contributed by atoms with van der Waals surface area (Å²) in [5, 5.41) is 11.6. The highest BCUT2D eigenvalue weighted by atomic mass is 19.1. The molecule has 0 aliphatic rings. The largest absolute Gasteiger partial charge is 0.491 e. The number of unbranched alkanes of at least 4 members (excludes halogenated alkanes) is 2. The Morgan fingerprint density at radius 3 is 2.84 bits per heavy atom. The maximum atomic E-state index is 13.8. The van der Waals surface area contributed by atoms with Crippen LogP contribution in [-0.2, 0) is 0 Å². The average molecular weight is 264 g/mol. The maximum Gasteiger partial charge on any atom is 0.165 e. The first-order valence-corrected chi connectivity index (χ1v) is 6.71. The molecule has 0 aliphatic carbocycles. The predicted octanol–water partition coefficient (Wildman–Crippen LogP) is 3.57. The molecule has 0 radical (unpaired) electrons. The summed E-state index contributed by atoms with van der Waals surface area (Å²) >= 11 is 0. The number of ether oxygens (including phenoxy) is 1. The van der Waals surface area contributed by atoms with E-state index in [0.29, 0.717) is 13.0 Å². The molecule has 0 aromatic heterocycles. The number of rotatable bonds is 8. The fraction of sp³-hybridized carbons (Fsp3) is 0.533. The van der Waals surface area contributed by atoms with Gasteiger partial charge >= 0.3 is 0 Å². The second-order valence-electron chi connectivity index (χ2n) is 4.43. The molecule has 0 aliphatic heterocycles. The summed E-state index contributed by atoms with van der Waals surface area (Å²) in [4.78, 5) is 0. The minimum atomic E-state index is -0.331. The SMILES string of the molecule is CCNC(C)c1ccc(OCCCCC#N)c(F)c1. The van der Waals surface area contributed by atoms with Crippen molar-refractivity contribution in [3.63, 3.8) is 0 Å². The van der Waals surface area contributed by atoms with E-state index in [1.54, 1.807) is 6.07 Å². The van der Waals surface area contributed by atoms with Crippen molar-refractivity contribution in [3.05, 3.63) is 29.6 Å². The van der Waals surface area contributed by atoms with Crippen LogP contribution in [0.2, 0.25) is 0 Å². The fourth-order valence-electron chi connectivity index (χ4n) is 1.82. The molecule has 3 nitrogen and oxygen atoms in total. The van der Waals surface area contributed by atoms with E-state index in [4.69, 9.17) is 10.00 Å². The second kappa shape index (κ2) is 8.49. The van der Waals surface area contributed by atoms with Crippen LogP contribution in [0.3, 0.4) is 0 Å². The van der Waals surface area contributed by atoms with E-state index in [1.165, 1.54) is 6.07 Å². The first-order valence-electron chi connectivity index (χ1n) is 6.71. The lowest BCUT2D eigenvalue weighted by molar-refractivity contribution is 0.292. The summed E-state index contributed by atoms with van der Waals surface area (Å²) in [6, 6.07) is 7.26. The van der Waals surface area contributed by atoms with E-state index in [-0.39, 0.29) is 17.6 Å². The van der Waals surface area contributed by atoms with Gasteiger partial charge in [0.15, 0.2) is 11.6 Å². The third kappa shape index (κ3) is 5.27. The third-order valence-corrected chi connectivity index (χ3v) is 2.91. The molecule has 0 fully saturated rings. The third-order valence-electron chi connectivity index (χ3n) is 2.91. The normalized spacial score (nSPS) is 11.9. The van der Waals surface area contributed by atoms with Crippen molar-refractivity contribution in [3.8, 4) is 11.8 Å². The Labute approximate surface area is 114 Å². The fourth-order valence-corrected chi connectivity index (χ4v) is 1.82. The summed E-state index contributed by atoms with van der Waals surface area (Å²) in [5.74, 6) is -0.0491. The van der Waals surface area contributed by atoms with Crippen molar-refractivity contribution in [2.45, 2.75) is 39.2 Å². The summed E-state index contributed by atoms with van der Waals surface area (Å²) in [6.07, 6.45) is 2.07. The molecule has 1 aromatic carbocycles. The number of hydrogen-bond donors (Lipinski definition) is 1. The van der Waals surface area contributed by atoms with Gasteiger partial charge in [0.05, 0.1) is 12.7 Å². The zero-order valence-corrected chi connectivity index (χ0v) is 11.6. The summed E-state index contributed by atoms with van der Waals surface area (Å²) in [6.45, 7) is 5.31. The van der Waals surface area contributed by atoms with Crippen LogP contribution in [0.5, 0.6) is 5.75 Å². The summed E-state index contributed by atoms with van der Waals surface area (Å²) in [7, 11) is 0. The van der Waals surface area contributed by atoms with Crippen LogP contribution in [0.4, 0.5) is 4.39 Å². The Bertz CT molecular complexity index is 429. The Balaban J connectivity index is 2.50. The van der Waals surface area contributed by atoms with E-state index in [9.17, 15) is 4.39 Å². The molecule has 104 valence electrons. The Hall–Kier alpha value is -1.60. The van der Waals surface area contributed by atoms with Crippen LogP contribution < -0.4 is 10.1 Å². The first kappa shape index (κ1) is 15.5. The van der Waals surface area contributed by atoms with Crippen LogP contribution in [0.25, 0.3) is 0 Å². The first-order chi connectivity index (χ1) is 9.19. The molecule has 1 unspecified atom stereocenters. The molecule has 4 heteroatoms. The lowest BCUT2D eigenvalue weighted by Gasteiger charge is -2.14. The van der Waals surface area contributed by atoms with Gasteiger partial charge in [-0.2, -0.15) is 5.26 Å². The predicted molar refractivity (Wildman–Crippen MR) is 73.5 cm³/mol. The van der Waals surface area contributed by atoms with Crippen LogP contribution in [-0.4, -0.2) is 13.2 Å². The lowest BCUT2D eigenvalue weighted by atomic mass is 10.1. The molecular weight excluding hydrogens is 243 g/mol. The van der Waals surface area contributed by atoms with Crippen LogP contribution in [0.1, 0.15) is 44.7 Å². The van der Waals surface area contributed by atoms with Crippen molar-refractivity contribution in [2.24, 2.45) is 0 Å². The molecule has 0 bridgehead atoms. The molecule has 19 heavy (non-hydrogen) atoms. The van der Waals surface area contributed by atoms with Crippen molar-refractivity contribution in [2.75, 3.05) is 13.2 Å². The van der Waals surface area contributed by atoms with Crippen molar-refractivity contribution >= 4 is 0 Å². The molecule has 0 spiro atoms. The van der Waals surface area contributed by atoms with E-state index in [0.717, 1.165) is 24.9 Å². The molecule has 1 atom stereocenters. The van der Waals surface area contributed by atoms with Gasteiger partial charge in [0, 0.05) is 12.5 Å². The minimum Gasteiger partial charge on any atom is -0.491 e. The number of hydrogen-bond acceptors (Lipinski definition) is 3. The van der Waals surface area contributed by atoms with Crippen molar-refractivity contribution in [1.82, 2.24) is 5.32 Å². The molecule has 0 saturated carbocycles. The highest BCUT2D eigenvalue weighted by Crippen LogP contribution is 2.22. The number of nitrogens with zero attached hydrogens (tertiary/aromatic N) is 1. The molecular formula is C15H21FN2O. The Morgan fingerprint density at radius 1 is 1.42 bits per heavy atom. The number of nitriles is 1. The Kier molecular flexibility index (Phi) is 6.91. The van der Waals surface area contributed by atoms with Gasteiger partial charge in [-0.3, -0.25) is 0 Å². The van der Waals surface area contributed by atoms with E-state index >= 15 is 0 Å². The van der Waals surface area contributed by atoms with Crippen LogP contribution in [0.15, 0.2) is 18.2 Å². The molecule has 1 rings (SSSR count). The van der Waals surface area contributed by atoms with Crippen molar-refractivity contribution < 1.29 is 9.13 Å². The van der Waals surface area contributed by atoms with E-state index in [1.807, 2.05) is 19.9 Å². The van der Waals surface area contributed by atoms with Crippen molar-refractivity contribution in [1.29, 1.82) is 5.26 Å². The standard InChI is InChI=1S/C15H21FN2O/c1-3-18-12(2)13-7-8-15(14(16)11-13)19-10-6-4-5-9-17/h7-8,11-12,18H,3-6,10H2,1-2H3. The zero-order chi connectivity index (χ0) is 14.1. The lowest BCUT2D eigenvalue weighted by Crippen LogP contribution is -2.17. The summed E-state index contributed by atoms with van der Waals surface area (Å²) in [5.41, 5.74) is 0.913. The number of nitrogens with one attached hydrogen (secondary N) is 1. The smallest absolute Gasteiger partial charge is 0.165 e. The van der Waals surface area contributed by atoms with Gasteiger partial charge in [-0.15, -0.1) is 0 Å². The quantitative estimate of drug-likeness (QED) is 0.730. The summed E-state index contributed by atoms with van der Waals surface area (Å²) < 4.78 is 19.2. The van der Waals surface area contributed by atoms with E-state index < -0.39 is 0 Å². The molecule has 0 amide bonds. The maximum absolute atomic E-state index is 13.8. The highest BCUT2D eigenvalue weighted by Gasteiger charge is 2.09. The average Bonchev–Trinajstić information content (AvgIpc) is 2.40. The van der Waals surface area contributed by atoms with Gasteiger partial charge in [0.1, 0.15) is 0 Å². The topological polar surface area (TPSA) is 45.0 Å².